The molecule has 0 aliphatic rings. The second-order valence-corrected chi connectivity index (χ2v) is 5.29. The molecule has 6 nitrogen and oxygen atoms in total. The average molecular weight is 308 g/mol. The van der Waals surface area contributed by atoms with Crippen LogP contribution in [0.5, 0.6) is 0 Å². The zero-order chi connectivity index (χ0) is 15.6. The SMILES string of the molecule is Cc1c(F)cc(C(N)=O)cc1NC(=O)Cc1csc(N)n1. The Bertz CT molecular complexity index is 714. The molecule has 0 spiro atoms. The van der Waals surface area contributed by atoms with Crippen molar-refractivity contribution in [3.63, 3.8) is 0 Å². The number of nitrogen functional groups attached to an aromatic ring is 1. The molecule has 0 aliphatic carbocycles. The van der Waals surface area contributed by atoms with Crippen molar-refractivity contribution in [1.29, 1.82) is 0 Å². The molecule has 1 aromatic heterocycles. The van der Waals surface area contributed by atoms with Crippen molar-refractivity contribution in [3.8, 4) is 0 Å². The number of hydrogen-bond acceptors (Lipinski definition) is 5. The van der Waals surface area contributed by atoms with E-state index in [2.05, 4.69) is 10.3 Å². The Morgan fingerprint density at radius 2 is 2.14 bits per heavy atom. The maximum Gasteiger partial charge on any atom is 0.248 e. The van der Waals surface area contributed by atoms with Gasteiger partial charge in [-0.1, -0.05) is 0 Å². The maximum absolute atomic E-state index is 13.7. The van der Waals surface area contributed by atoms with E-state index in [4.69, 9.17) is 11.5 Å². The predicted octanol–water partition coefficient (Wildman–Crippen LogP) is 1.45. The zero-order valence-corrected chi connectivity index (χ0v) is 12.0. The van der Waals surface area contributed by atoms with Gasteiger partial charge in [-0.05, 0) is 19.1 Å². The lowest BCUT2D eigenvalue weighted by atomic mass is 10.1. The summed E-state index contributed by atoms with van der Waals surface area (Å²) in [5.41, 5.74) is 11.5. The van der Waals surface area contributed by atoms with Crippen LogP contribution in [0.4, 0.5) is 15.2 Å². The first-order valence-corrected chi connectivity index (χ1v) is 6.84. The van der Waals surface area contributed by atoms with Gasteiger partial charge in [-0.3, -0.25) is 9.59 Å². The second kappa shape index (κ2) is 5.88. The van der Waals surface area contributed by atoms with Crippen molar-refractivity contribution in [2.24, 2.45) is 5.73 Å². The molecule has 1 aromatic carbocycles. The summed E-state index contributed by atoms with van der Waals surface area (Å²) in [7, 11) is 0. The van der Waals surface area contributed by atoms with Crippen molar-refractivity contribution < 1.29 is 14.0 Å². The van der Waals surface area contributed by atoms with Crippen LogP contribution in [-0.2, 0) is 11.2 Å². The van der Waals surface area contributed by atoms with E-state index in [1.807, 2.05) is 0 Å². The van der Waals surface area contributed by atoms with Gasteiger partial charge in [0.15, 0.2) is 5.13 Å². The Morgan fingerprint density at radius 3 is 2.71 bits per heavy atom. The van der Waals surface area contributed by atoms with Crippen LogP contribution in [-0.4, -0.2) is 16.8 Å². The minimum absolute atomic E-state index is 0.00805. The summed E-state index contributed by atoms with van der Waals surface area (Å²) in [5, 5.41) is 4.58. The molecule has 8 heteroatoms. The van der Waals surface area contributed by atoms with Crippen molar-refractivity contribution >= 4 is 34.0 Å². The van der Waals surface area contributed by atoms with Gasteiger partial charge >= 0.3 is 0 Å². The molecule has 0 saturated heterocycles. The highest BCUT2D eigenvalue weighted by atomic mass is 32.1. The highest BCUT2D eigenvalue weighted by Gasteiger charge is 2.13. The van der Waals surface area contributed by atoms with E-state index < -0.39 is 11.7 Å². The first kappa shape index (κ1) is 14.9. The average Bonchev–Trinajstić information content (AvgIpc) is 2.79. The number of nitrogens with two attached hydrogens (primary N) is 2. The first-order valence-electron chi connectivity index (χ1n) is 5.96. The summed E-state index contributed by atoms with van der Waals surface area (Å²) in [6.45, 7) is 1.50. The van der Waals surface area contributed by atoms with Crippen molar-refractivity contribution in [2.45, 2.75) is 13.3 Å². The quantitative estimate of drug-likeness (QED) is 0.793. The molecule has 0 fully saturated rings. The molecule has 0 bridgehead atoms. The first-order chi connectivity index (χ1) is 9.86. The lowest BCUT2D eigenvalue weighted by molar-refractivity contribution is -0.115. The number of benzene rings is 1. The van der Waals surface area contributed by atoms with Crippen LogP contribution in [0, 0.1) is 12.7 Å². The smallest absolute Gasteiger partial charge is 0.248 e. The molecule has 0 saturated carbocycles. The number of thiazole rings is 1. The summed E-state index contributed by atoms with van der Waals surface area (Å²) in [5.74, 6) is -1.76. The number of halogens is 1. The van der Waals surface area contributed by atoms with Gasteiger partial charge in [-0.2, -0.15) is 0 Å². The monoisotopic (exact) mass is 308 g/mol. The molecule has 0 aliphatic heterocycles. The summed E-state index contributed by atoms with van der Waals surface area (Å²) in [6.07, 6.45) is 0.00948. The Hall–Kier alpha value is -2.48. The Kier molecular flexibility index (Phi) is 4.18. The van der Waals surface area contributed by atoms with E-state index >= 15 is 0 Å². The lowest BCUT2D eigenvalue weighted by Gasteiger charge is -2.10. The standard InChI is InChI=1S/C13H13FN4O2S/c1-6-9(14)2-7(12(15)20)3-10(6)18-11(19)4-8-5-21-13(16)17-8/h2-3,5H,4H2,1H3,(H2,15,20)(H2,16,17)(H,18,19). The molecule has 0 atom stereocenters. The number of carbonyl (C=O) groups is 2. The molecule has 2 rings (SSSR count). The zero-order valence-electron chi connectivity index (χ0n) is 11.1. The minimum Gasteiger partial charge on any atom is -0.375 e. The second-order valence-electron chi connectivity index (χ2n) is 4.40. The van der Waals surface area contributed by atoms with Gasteiger partial charge in [0, 0.05) is 22.2 Å². The normalized spacial score (nSPS) is 10.4. The van der Waals surface area contributed by atoms with Gasteiger partial charge in [0.1, 0.15) is 5.82 Å². The summed E-state index contributed by atoms with van der Waals surface area (Å²) < 4.78 is 13.7. The van der Waals surface area contributed by atoms with Crippen LogP contribution in [0.1, 0.15) is 21.6 Å². The van der Waals surface area contributed by atoms with Gasteiger partial charge in [0.25, 0.3) is 0 Å². The number of anilines is 2. The third-order valence-electron chi connectivity index (χ3n) is 2.81. The van der Waals surface area contributed by atoms with E-state index in [0.717, 1.165) is 6.07 Å². The van der Waals surface area contributed by atoms with Crippen LogP contribution < -0.4 is 16.8 Å². The van der Waals surface area contributed by atoms with Gasteiger partial charge in [-0.15, -0.1) is 11.3 Å². The van der Waals surface area contributed by atoms with Gasteiger partial charge in [0.05, 0.1) is 12.1 Å². The lowest BCUT2D eigenvalue weighted by Crippen LogP contribution is -2.18. The van der Waals surface area contributed by atoms with Crippen LogP contribution in [0.15, 0.2) is 17.5 Å². The predicted molar refractivity (Wildman–Crippen MR) is 78.5 cm³/mol. The largest absolute Gasteiger partial charge is 0.375 e. The number of primary amides is 1. The fraction of sp³-hybridized carbons (Fsp3) is 0.154. The molecule has 110 valence electrons. The van der Waals surface area contributed by atoms with Crippen LogP contribution in [0.2, 0.25) is 0 Å². The molecule has 2 aromatic rings. The molecule has 2 amide bonds. The molecule has 5 N–H and O–H groups in total. The molecule has 1 heterocycles. The molecule has 0 unspecified atom stereocenters. The van der Waals surface area contributed by atoms with Gasteiger partial charge < -0.3 is 16.8 Å². The minimum atomic E-state index is -0.767. The van der Waals surface area contributed by atoms with Crippen molar-refractivity contribution in [2.75, 3.05) is 11.1 Å². The third kappa shape index (κ3) is 3.54. The van der Waals surface area contributed by atoms with Gasteiger partial charge in [-0.25, -0.2) is 9.37 Å². The summed E-state index contributed by atoms with van der Waals surface area (Å²) >= 11 is 1.23. The summed E-state index contributed by atoms with van der Waals surface area (Å²) in [4.78, 5) is 27.0. The van der Waals surface area contributed by atoms with Crippen LogP contribution in [0.25, 0.3) is 0 Å². The molecule has 0 radical (unpaired) electrons. The maximum atomic E-state index is 13.7. The summed E-state index contributed by atoms with van der Waals surface area (Å²) in [6, 6.07) is 2.38. The number of carbonyl (C=O) groups excluding carboxylic acids is 2. The van der Waals surface area contributed by atoms with Gasteiger partial charge in [0.2, 0.25) is 11.8 Å². The molecule has 21 heavy (non-hydrogen) atoms. The number of nitrogens with one attached hydrogen (secondary N) is 1. The van der Waals surface area contributed by atoms with E-state index in [9.17, 15) is 14.0 Å². The fourth-order valence-corrected chi connectivity index (χ4v) is 2.28. The Morgan fingerprint density at radius 1 is 1.43 bits per heavy atom. The fourth-order valence-electron chi connectivity index (χ4n) is 1.71. The molecular formula is C13H13FN4O2S. The molecular weight excluding hydrogens is 295 g/mol. The van der Waals surface area contributed by atoms with E-state index in [1.165, 1.54) is 24.3 Å². The highest BCUT2D eigenvalue weighted by Crippen LogP contribution is 2.21. The van der Waals surface area contributed by atoms with Crippen molar-refractivity contribution in [3.05, 3.63) is 40.2 Å². The number of amides is 2. The highest BCUT2D eigenvalue weighted by molar-refractivity contribution is 7.13. The third-order valence-corrected chi connectivity index (χ3v) is 3.54. The van der Waals surface area contributed by atoms with E-state index in [-0.39, 0.29) is 29.1 Å². The van der Waals surface area contributed by atoms with E-state index in [1.54, 1.807) is 5.38 Å². The van der Waals surface area contributed by atoms with Crippen LogP contribution >= 0.6 is 11.3 Å². The Balaban J connectivity index is 2.18. The number of rotatable bonds is 4. The van der Waals surface area contributed by atoms with Crippen LogP contribution in [0.3, 0.4) is 0 Å². The topological polar surface area (TPSA) is 111 Å². The number of hydrogen-bond donors (Lipinski definition) is 3. The Labute approximate surface area is 124 Å². The van der Waals surface area contributed by atoms with E-state index in [0.29, 0.717) is 10.8 Å². The van der Waals surface area contributed by atoms with Crippen molar-refractivity contribution in [1.82, 2.24) is 4.98 Å². The number of aromatic nitrogens is 1. The number of nitrogens with zero attached hydrogens (tertiary/aromatic N) is 1.